The highest BCUT2D eigenvalue weighted by Gasteiger charge is 2.33. The second-order valence-electron chi connectivity index (χ2n) is 8.11. The molecule has 1 saturated heterocycles. The van der Waals surface area contributed by atoms with Crippen molar-refractivity contribution in [3.8, 4) is 22.3 Å². The van der Waals surface area contributed by atoms with Crippen molar-refractivity contribution in [3.05, 3.63) is 70.9 Å². The summed E-state index contributed by atoms with van der Waals surface area (Å²) in [5.41, 5.74) is 5.47. The van der Waals surface area contributed by atoms with Crippen LogP contribution in [0.4, 0.5) is 0 Å². The number of thiophene rings is 1. The molecule has 0 saturated carbocycles. The Morgan fingerprint density at radius 2 is 1.52 bits per heavy atom. The Balaban J connectivity index is 1.54. The molecule has 2 unspecified atom stereocenters. The fraction of sp³-hybridized carbons (Fsp3) is 0.292. The molecule has 7 heteroatoms. The fourth-order valence-electron chi connectivity index (χ4n) is 3.76. The van der Waals surface area contributed by atoms with E-state index in [1.807, 2.05) is 24.3 Å². The highest BCUT2D eigenvalue weighted by Crippen LogP contribution is 2.29. The van der Waals surface area contributed by atoms with Gasteiger partial charge in [-0.25, -0.2) is 13.1 Å². The van der Waals surface area contributed by atoms with Crippen molar-refractivity contribution >= 4 is 27.3 Å². The van der Waals surface area contributed by atoms with Crippen molar-refractivity contribution in [1.29, 1.82) is 0 Å². The molecule has 162 valence electrons. The third-order valence-corrected chi connectivity index (χ3v) is 8.24. The van der Waals surface area contributed by atoms with Crippen LogP contribution in [0.25, 0.3) is 22.3 Å². The van der Waals surface area contributed by atoms with Gasteiger partial charge in [0.05, 0.1) is 11.3 Å². The number of hydrogen-bond donors (Lipinski definition) is 2. The lowest BCUT2D eigenvalue weighted by atomic mass is 9.91. The second kappa shape index (κ2) is 8.94. The van der Waals surface area contributed by atoms with E-state index in [0.29, 0.717) is 12.8 Å². The average molecular weight is 455 g/mol. The van der Waals surface area contributed by atoms with Crippen LogP contribution in [-0.4, -0.2) is 25.6 Å². The zero-order valence-electron chi connectivity index (χ0n) is 17.5. The third-order valence-electron chi connectivity index (χ3n) is 5.68. The molecule has 1 amide bonds. The molecule has 31 heavy (non-hydrogen) atoms. The minimum atomic E-state index is -3.43. The first-order valence-corrected chi connectivity index (χ1v) is 12.9. The van der Waals surface area contributed by atoms with E-state index in [1.165, 1.54) is 11.1 Å². The van der Waals surface area contributed by atoms with Crippen molar-refractivity contribution in [2.45, 2.75) is 44.0 Å². The summed E-state index contributed by atoms with van der Waals surface area (Å²) >= 11 is 1.68. The van der Waals surface area contributed by atoms with Crippen LogP contribution >= 0.6 is 11.3 Å². The molecular formula is C24H26N2O3S2. The molecule has 2 atom stereocenters. The Hall–Kier alpha value is -2.48. The maximum Gasteiger partial charge on any atom is 0.220 e. The van der Waals surface area contributed by atoms with E-state index >= 15 is 0 Å². The first kappa shape index (κ1) is 21.7. The maximum atomic E-state index is 12.4. The smallest absolute Gasteiger partial charge is 0.220 e. The van der Waals surface area contributed by atoms with Gasteiger partial charge in [0, 0.05) is 12.5 Å². The SMILES string of the molecule is CC(C)S(=O)(=O)NC1CCC(=O)NC1c1ccc(-c2ccc(-c3ccsc3)cc2)cc1. The molecule has 0 aliphatic carbocycles. The van der Waals surface area contributed by atoms with E-state index < -0.39 is 15.3 Å². The molecule has 2 N–H and O–H groups in total. The quantitative estimate of drug-likeness (QED) is 0.565. The summed E-state index contributed by atoms with van der Waals surface area (Å²) in [5.74, 6) is -0.0573. The molecule has 1 fully saturated rings. The van der Waals surface area contributed by atoms with Crippen LogP contribution in [0.3, 0.4) is 0 Å². The molecule has 3 aromatic rings. The third kappa shape index (κ3) is 4.89. The van der Waals surface area contributed by atoms with E-state index in [9.17, 15) is 13.2 Å². The van der Waals surface area contributed by atoms with E-state index in [4.69, 9.17) is 0 Å². The monoisotopic (exact) mass is 454 g/mol. The molecular weight excluding hydrogens is 428 g/mol. The number of carbonyl (C=O) groups excluding carboxylic acids is 1. The topological polar surface area (TPSA) is 75.3 Å². The second-order valence-corrected chi connectivity index (χ2v) is 11.2. The summed E-state index contributed by atoms with van der Waals surface area (Å²) in [6.45, 7) is 3.30. The Labute approximate surface area is 187 Å². The predicted molar refractivity (Wildman–Crippen MR) is 126 cm³/mol. The number of sulfonamides is 1. The van der Waals surface area contributed by atoms with Gasteiger partial charge >= 0.3 is 0 Å². The standard InChI is InChI=1S/C24H26N2O3S2/c1-16(2)31(28,29)26-22-11-12-23(27)25-24(22)20-9-7-18(8-10-20)17-3-5-19(6-4-17)21-13-14-30-15-21/h3-10,13-16,22,24,26H,11-12H2,1-2H3,(H,25,27). The van der Waals surface area contributed by atoms with Crippen LogP contribution in [0.2, 0.25) is 0 Å². The van der Waals surface area contributed by atoms with E-state index in [2.05, 4.69) is 51.1 Å². The first-order valence-electron chi connectivity index (χ1n) is 10.4. The van der Waals surface area contributed by atoms with Gasteiger partial charge in [0.1, 0.15) is 0 Å². The Morgan fingerprint density at radius 3 is 2.06 bits per heavy atom. The molecule has 2 heterocycles. The zero-order valence-corrected chi connectivity index (χ0v) is 19.2. The van der Waals surface area contributed by atoms with Crippen molar-refractivity contribution in [2.24, 2.45) is 0 Å². The van der Waals surface area contributed by atoms with Crippen LogP contribution in [-0.2, 0) is 14.8 Å². The molecule has 2 aromatic carbocycles. The van der Waals surface area contributed by atoms with Gasteiger partial charge in [-0.3, -0.25) is 4.79 Å². The van der Waals surface area contributed by atoms with Crippen molar-refractivity contribution < 1.29 is 13.2 Å². The minimum Gasteiger partial charge on any atom is -0.348 e. The van der Waals surface area contributed by atoms with Crippen molar-refractivity contribution in [1.82, 2.24) is 10.0 Å². The number of nitrogens with one attached hydrogen (secondary N) is 2. The van der Waals surface area contributed by atoms with Gasteiger partial charge in [-0.05, 0) is 64.9 Å². The molecule has 0 radical (unpaired) electrons. The Bertz CT molecular complexity index is 1140. The number of rotatable bonds is 6. The summed E-state index contributed by atoms with van der Waals surface area (Å²) < 4.78 is 27.6. The summed E-state index contributed by atoms with van der Waals surface area (Å²) in [5, 5.41) is 6.64. The summed E-state index contributed by atoms with van der Waals surface area (Å²) in [7, 11) is -3.43. The Morgan fingerprint density at radius 1 is 0.935 bits per heavy atom. The van der Waals surface area contributed by atoms with Crippen molar-refractivity contribution in [3.63, 3.8) is 0 Å². The molecule has 5 nitrogen and oxygen atoms in total. The van der Waals surface area contributed by atoms with Crippen LogP contribution in [0.1, 0.15) is 38.3 Å². The molecule has 1 aromatic heterocycles. The van der Waals surface area contributed by atoms with Crippen LogP contribution in [0.15, 0.2) is 65.4 Å². The number of amides is 1. The van der Waals surface area contributed by atoms with E-state index in [1.54, 1.807) is 25.2 Å². The normalized spacial score (nSPS) is 19.4. The number of benzene rings is 2. The average Bonchev–Trinajstić information content (AvgIpc) is 3.30. The van der Waals surface area contributed by atoms with Gasteiger partial charge < -0.3 is 5.32 Å². The number of hydrogen-bond acceptors (Lipinski definition) is 4. The van der Waals surface area contributed by atoms with Gasteiger partial charge in [0.25, 0.3) is 0 Å². The lowest BCUT2D eigenvalue weighted by Crippen LogP contribution is -2.51. The lowest BCUT2D eigenvalue weighted by molar-refractivity contribution is -0.123. The molecule has 4 rings (SSSR count). The van der Waals surface area contributed by atoms with Crippen LogP contribution in [0, 0.1) is 0 Å². The van der Waals surface area contributed by atoms with E-state index in [0.717, 1.165) is 16.7 Å². The largest absolute Gasteiger partial charge is 0.348 e. The zero-order chi connectivity index (χ0) is 22.0. The number of carbonyl (C=O) groups is 1. The highest BCUT2D eigenvalue weighted by molar-refractivity contribution is 7.90. The van der Waals surface area contributed by atoms with Gasteiger partial charge in [0.2, 0.25) is 15.9 Å². The van der Waals surface area contributed by atoms with Gasteiger partial charge in [-0.15, -0.1) is 0 Å². The minimum absolute atomic E-state index is 0.0573. The molecule has 1 aliphatic rings. The number of piperidine rings is 1. The lowest BCUT2D eigenvalue weighted by Gasteiger charge is -2.33. The summed E-state index contributed by atoms with van der Waals surface area (Å²) in [4.78, 5) is 12.0. The Kier molecular flexibility index (Phi) is 6.27. The van der Waals surface area contributed by atoms with Gasteiger partial charge in [0.15, 0.2) is 0 Å². The van der Waals surface area contributed by atoms with Crippen LogP contribution < -0.4 is 10.0 Å². The van der Waals surface area contributed by atoms with Crippen LogP contribution in [0.5, 0.6) is 0 Å². The van der Waals surface area contributed by atoms with Gasteiger partial charge in [-0.2, -0.15) is 11.3 Å². The first-order chi connectivity index (χ1) is 14.8. The highest BCUT2D eigenvalue weighted by atomic mass is 32.2. The summed E-state index contributed by atoms with van der Waals surface area (Å²) in [6.07, 6.45) is 0.796. The molecule has 0 spiro atoms. The maximum absolute atomic E-state index is 12.4. The predicted octanol–water partition coefficient (Wildman–Crippen LogP) is 4.73. The van der Waals surface area contributed by atoms with E-state index in [-0.39, 0.29) is 18.0 Å². The summed E-state index contributed by atoms with van der Waals surface area (Å²) in [6, 6.07) is 17.8. The molecule has 1 aliphatic heterocycles. The van der Waals surface area contributed by atoms with Crippen molar-refractivity contribution in [2.75, 3.05) is 0 Å². The fourth-order valence-corrected chi connectivity index (χ4v) is 5.37. The molecule has 0 bridgehead atoms. The van der Waals surface area contributed by atoms with Gasteiger partial charge in [-0.1, -0.05) is 48.5 Å².